The van der Waals surface area contributed by atoms with E-state index in [-0.39, 0.29) is 18.0 Å². The fourth-order valence-electron chi connectivity index (χ4n) is 4.17. The molecule has 0 unspecified atom stereocenters. The lowest BCUT2D eigenvalue weighted by molar-refractivity contribution is -0.0209. The smallest absolute Gasteiger partial charge is 0.214 e. The quantitative estimate of drug-likeness (QED) is 0.692. The van der Waals surface area contributed by atoms with Gasteiger partial charge in [0.25, 0.3) is 0 Å². The molecule has 0 saturated carbocycles. The van der Waals surface area contributed by atoms with Crippen LogP contribution in [0.25, 0.3) is 0 Å². The van der Waals surface area contributed by atoms with Crippen LogP contribution in [-0.2, 0) is 0 Å². The van der Waals surface area contributed by atoms with Gasteiger partial charge in [0.2, 0.25) is 6.23 Å². The van der Waals surface area contributed by atoms with Gasteiger partial charge >= 0.3 is 0 Å². The van der Waals surface area contributed by atoms with E-state index in [4.69, 9.17) is 14.6 Å². The number of para-hydroxylation sites is 2. The number of fused-ring (bicyclic) bond motifs is 3. The number of nitrogens with zero attached hydrogens (tertiary/aromatic N) is 2. The Labute approximate surface area is 169 Å². The predicted molar refractivity (Wildman–Crippen MR) is 111 cm³/mol. The molecule has 5 nitrogen and oxygen atoms in total. The lowest BCUT2D eigenvalue weighted by atomic mass is 9.95. The number of aryl methyl sites for hydroxylation is 1. The highest BCUT2D eigenvalue weighted by Crippen LogP contribution is 2.51. The second-order valence-corrected chi connectivity index (χ2v) is 7.43. The van der Waals surface area contributed by atoms with Crippen LogP contribution in [0.4, 0.5) is 0 Å². The van der Waals surface area contributed by atoms with Crippen molar-refractivity contribution in [3.63, 3.8) is 0 Å². The van der Waals surface area contributed by atoms with E-state index in [0.29, 0.717) is 6.42 Å². The molecule has 0 bridgehead atoms. The monoisotopic (exact) mass is 386 g/mol. The van der Waals surface area contributed by atoms with Crippen LogP contribution in [0.2, 0.25) is 0 Å². The van der Waals surface area contributed by atoms with Crippen molar-refractivity contribution in [2.75, 3.05) is 7.11 Å². The number of hydrazone groups is 1. The van der Waals surface area contributed by atoms with Gasteiger partial charge in [-0.15, -0.1) is 0 Å². The summed E-state index contributed by atoms with van der Waals surface area (Å²) in [6.45, 7) is 2.07. The van der Waals surface area contributed by atoms with E-state index < -0.39 is 0 Å². The number of hydrogen-bond donors (Lipinski definition) is 1. The molecule has 2 heterocycles. The molecule has 2 aliphatic rings. The van der Waals surface area contributed by atoms with Crippen LogP contribution in [0.1, 0.15) is 40.9 Å². The van der Waals surface area contributed by atoms with Crippen molar-refractivity contribution in [1.29, 1.82) is 0 Å². The lowest BCUT2D eigenvalue weighted by Gasteiger charge is -2.38. The van der Waals surface area contributed by atoms with Crippen molar-refractivity contribution in [2.24, 2.45) is 5.10 Å². The minimum Gasteiger partial charge on any atom is -0.507 e. The highest BCUT2D eigenvalue weighted by Gasteiger charge is 2.42. The summed E-state index contributed by atoms with van der Waals surface area (Å²) in [6.07, 6.45) is 0.315. The number of aromatic hydroxyl groups is 1. The molecule has 146 valence electrons. The molecule has 0 saturated heterocycles. The van der Waals surface area contributed by atoms with Crippen LogP contribution in [0.3, 0.4) is 0 Å². The van der Waals surface area contributed by atoms with E-state index in [1.165, 1.54) is 0 Å². The van der Waals surface area contributed by atoms with Crippen molar-refractivity contribution in [3.8, 4) is 17.2 Å². The van der Waals surface area contributed by atoms with Crippen LogP contribution in [0, 0.1) is 6.92 Å². The first-order valence-electron chi connectivity index (χ1n) is 9.70. The molecule has 29 heavy (non-hydrogen) atoms. The van der Waals surface area contributed by atoms with Crippen molar-refractivity contribution < 1.29 is 14.6 Å². The molecule has 1 N–H and O–H groups in total. The molecule has 2 aliphatic heterocycles. The molecule has 5 heteroatoms. The van der Waals surface area contributed by atoms with E-state index in [2.05, 4.69) is 31.2 Å². The first-order chi connectivity index (χ1) is 14.2. The number of phenolic OH excluding ortho intramolecular Hbond substituents is 1. The maximum atomic E-state index is 10.4. The maximum Gasteiger partial charge on any atom is 0.214 e. The maximum absolute atomic E-state index is 10.4. The zero-order chi connectivity index (χ0) is 20.0. The Hall–Kier alpha value is -3.47. The number of hydrogen-bond acceptors (Lipinski definition) is 5. The van der Waals surface area contributed by atoms with Crippen molar-refractivity contribution in [1.82, 2.24) is 5.01 Å². The highest BCUT2D eigenvalue weighted by atomic mass is 16.5. The summed E-state index contributed by atoms with van der Waals surface area (Å²) in [5.74, 6) is 1.72. The number of rotatable bonds is 3. The molecule has 0 aromatic heterocycles. The van der Waals surface area contributed by atoms with Crippen LogP contribution in [0.5, 0.6) is 17.2 Å². The average Bonchev–Trinajstić information content (AvgIpc) is 3.18. The molecule has 0 aliphatic carbocycles. The molecule has 0 radical (unpaired) electrons. The first-order valence-corrected chi connectivity index (χ1v) is 9.70. The van der Waals surface area contributed by atoms with Gasteiger partial charge in [-0.2, -0.15) is 5.10 Å². The van der Waals surface area contributed by atoms with Crippen molar-refractivity contribution >= 4 is 5.71 Å². The van der Waals surface area contributed by atoms with Gasteiger partial charge in [0.15, 0.2) is 11.5 Å². The van der Waals surface area contributed by atoms with E-state index >= 15 is 0 Å². The van der Waals surface area contributed by atoms with E-state index in [0.717, 1.165) is 39.5 Å². The topological polar surface area (TPSA) is 54.3 Å². The molecule has 0 amide bonds. The number of ether oxygens (including phenoxy) is 2. The van der Waals surface area contributed by atoms with Gasteiger partial charge in [0, 0.05) is 23.1 Å². The summed E-state index contributed by atoms with van der Waals surface area (Å²) >= 11 is 0. The fourth-order valence-corrected chi connectivity index (χ4v) is 4.17. The van der Waals surface area contributed by atoms with Gasteiger partial charge < -0.3 is 14.6 Å². The molecule has 0 fully saturated rings. The third kappa shape index (κ3) is 2.90. The standard InChI is InChI=1S/C24H22N2O3/c1-15-7-5-8-16(13-15)24-26-20(18-10-6-12-22(28-2)23(18)29-24)14-19(25-26)17-9-3-4-11-21(17)27/h3-13,20,24,27H,14H2,1-2H3/t20-,24+/m1/s1. The summed E-state index contributed by atoms with van der Waals surface area (Å²) < 4.78 is 12.0. The summed E-state index contributed by atoms with van der Waals surface area (Å²) in [5.41, 5.74) is 4.85. The summed E-state index contributed by atoms with van der Waals surface area (Å²) in [4.78, 5) is 0. The van der Waals surface area contributed by atoms with E-state index in [1.54, 1.807) is 13.2 Å². The van der Waals surface area contributed by atoms with Crippen molar-refractivity contribution in [3.05, 3.63) is 89.0 Å². The summed E-state index contributed by atoms with van der Waals surface area (Å²) in [5, 5.41) is 17.3. The largest absolute Gasteiger partial charge is 0.507 e. The van der Waals surface area contributed by atoms with Crippen molar-refractivity contribution in [2.45, 2.75) is 25.6 Å². The summed E-state index contributed by atoms with van der Waals surface area (Å²) in [7, 11) is 1.66. The fraction of sp³-hybridized carbons (Fsp3) is 0.208. The van der Waals surface area contributed by atoms with Gasteiger partial charge in [0.05, 0.1) is 18.9 Å². The second kappa shape index (κ2) is 6.85. The minimum absolute atomic E-state index is 0.00830. The van der Waals surface area contributed by atoms with Gasteiger partial charge in [-0.25, -0.2) is 5.01 Å². The number of phenols is 1. The van der Waals surface area contributed by atoms with Gasteiger partial charge in [0.1, 0.15) is 5.75 Å². The molecule has 3 aromatic rings. The highest BCUT2D eigenvalue weighted by molar-refractivity contribution is 6.04. The average molecular weight is 386 g/mol. The third-order valence-corrected chi connectivity index (χ3v) is 5.54. The van der Waals surface area contributed by atoms with Crippen LogP contribution in [0.15, 0.2) is 71.8 Å². The van der Waals surface area contributed by atoms with Crippen LogP contribution in [-0.4, -0.2) is 22.9 Å². The SMILES string of the molecule is COc1cccc2c1O[C@@H](c1cccc(C)c1)N1N=C(c3ccccc3O)C[C@H]21. The second-order valence-electron chi connectivity index (χ2n) is 7.43. The number of benzene rings is 3. The Morgan fingerprint density at radius 1 is 1.07 bits per heavy atom. The Kier molecular flexibility index (Phi) is 4.16. The normalized spacial score (nSPS) is 19.8. The summed E-state index contributed by atoms with van der Waals surface area (Å²) in [6, 6.07) is 21.6. The zero-order valence-corrected chi connectivity index (χ0v) is 16.4. The Balaban J connectivity index is 1.65. The predicted octanol–water partition coefficient (Wildman–Crippen LogP) is 4.95. The van der Waals surface area contributed by atoms with Gasteiger partial charge in [-0.05, 0) is 25.1 Å². The molecule has 0 spiro atoms. The number of methoxy groups -OCH3 is 1. The molecule has 3 aromatic carbocycles. The van der Waals surface area contributed by atoms with Gasteiger partial charge in [-0.3, -0.25) is 0 Å². The molecule has 5 rings (SSSR count). The zero-order valence-electron chi connectivity index (χ0n) is 16.4. The van der Waals surface area contributed by atoms with E-state index in [9.17, 15) is 5.11 Å². The van der Waals surface area contributed by atoms with Gasteiger partial charge in [-0.1, -0.05) is 54.1 Å². The third-order valence-electron chi connectivity index (χ3n) is 5.54. The first kappa shape index (κ1) is 17.6. The molecule has 2 atom stereocenters. The Bertz CT molecular complexity index is 1110. The molecular formula is C24H22N2O3. The minimum atomic E-state index is -0.368. The molecular weight excluding hydrogens is 364 g/mol. The van der Waals surface area contributed by atoms with Crippen LogP contribution >= 0.6 is 0 Å². The van der Waals surface area contributed by atoms with E-state index in [1.807, 2.05) is 41.4 Å². The lowest BCUT2D eigenvalue weighted by Crippen LogP contribution is -2.33. The Morgan fingerprint density at radius 3 is 2.69 bits per heavy atom. The Morgan fingerprint density at radius 2 is 1.90 bits per heavy atom. The van der Waals surface area contributed by atoms with Crippen LogP contribution < -0.4 is 9.47 Å².